The zero-order valence-corrected chi connectivity index (χ0v) is 18.8. The second-order valence-corrected chi connectivity index (χ2v) is 9.71. The van der Waals surface area contributed by atoms with E-state index < -0.39 is 0 Å². The van der Waals surface area contributed by atoms with Crippen LogP contribution >= 0.6 is 0 Å². The predicted octanol–water partition coefficient (Wildman–Crippen LogP) is 4.58. The van der Waals surface area contributed by atoms with E-state index in [1.165, 1.54) is 35.8 Å². The first-order valence-corrected chi connectivity index (χ1v) is 12.1. The largest absolute Gasteiger partial charge is 0.317 e. The predicted molar refractivity (Wildman–Crippen MR) is 131 cm³/mol. The van der Waals surface area contributed by atoms with Crippen LogP contribution in [0, 0.1) is 0 Å². The number of amides is 1. The minimum absolute atomic E-state index is 0.109. The molecule has 0 bridgehead atoms. The lowest BCUT2D eigenvalue weighted by Crippen LogP contribution is -2.42. The Hall–Kier alpha value is -2.69. The summed E-state index contributed by atoms with van der Waals surface area (Å²) in [5, 5.41) is 5.76. The normalized spacial score (nSPS) is 23.0. The minimum atomic E-state index is 0.109. The van der Waals surface area contributed by atoms with Crippen molar-refractivity contribution in [3.63, 3.8) is 0 Å². The van der Waals surface area contributed by atoms with Gasteiger partial charge in [0.25, 0.3) is 5.91 Å². The van der Waals surface area contributed by atoms with Crippen molar-refractivity contribution in [2.75, 3.05) is 31.6 Å². The molecule has 2 unspecified atom stereocenters. The highest BCUT2D eigenvalue weighted by Crippen LogP contribution is 2.47. The van der Waals surface area contributed by atoms with Crippen molar-refractivity contribution in [2.24, 2.45) is 0 Å². The Morgan fingerprint density at radius 2 is 1.81 bits per heavy atom. The molecule has 1 amide bonds. The fourth-order valence-corrected chi connectivity index (χ4v) is 5.82. The highest BCUT2D eigenvalue weighted by atomic mass is 16.2. The van der Waals surface area contributed by atoms with Crippen LogP contribution in [0.2, 0.25) is 0 Å². The number of hydrogen-bond donors (Lipinski definition) is 1. The maximum atomic E-state index is 13.3. The molecule has 3 aliphatic rings. The summed E-state index contributed by atoms with van der Waals surface area (Å²) in [6, 6.07) is 22.5. The molecule has 3 aromatic carbocycles. The smallest absolute Gasteiger partial charge is 0.258 e. The van der Waals surface area contributed by atoms with Gasteiger partial charge in [0.05, 0.1) is 0 Å². The van der Waals surface area contributed by atoms with Crippen LogP contribution in [0.25, 0.3) is 10.8 Å². The molecular formula is C28H31N3O. The fourth-order valence-electron chi connectivity index (χ4n) is 5.82. The van der Waals surface area contributed by atoms with Gasteiger partial charge in [0, 0.05) is 35.8 Å². The molecule has 2 heterocycles. The first-order chi connectivity index (χ1) is 15.7. The number of benzene rings is 3. The molecule has 1 N–H and O–H groups in total. The molecule has 1 saturated heterocycles. The van der Waals surface area contributed by atoms with Crippen LogP contribution in [0.5, 0.6) is 0 Å². The van der Waals surface area contributed by atoms with Crippen LogP contribution in [0.3, 0.4) is 0 Å². The van der Waals surface area contributed by atoms with E-state index >= 15 is 0 Å². The second-order valence-electron chi connectivity index (χ2n) is 9.71. The van der Waals surface area contributed by atoms with Gasteiger partial charge in [-0.05, 0) is 85.9 Å². The summed E-state index contributed by atoms with van der Waals surface area (Å²) in [6.07, 6.45) is 4.73. The van der Waals surface area contributed by atoms with Crippen LogP contribution in [0.4, 0.5) is 5.69 Å². The molecular weight excluding hydrogens is 394 g/mol. The molecule has 164 valence electrons. The molecule has 4 nitrogen and oxygen atoms in total. The number of nitrogens with one attached hydrogen (secondary N) is 1. The Balaban J connectivity index is 1.18. The third kappa shape index (κ3) is 3.52. The number of hydrogen-bond acceptors (Lipinski definition) is 3. The Bertz CT molecular complexity index is 1170. The van der Waals surface area contributed by atoms with Crippen molar-refractivity contribution in [1.29, 1.82) is 0 Å². The van der Waals surface area contributed by atoms with Gasteiger partial charge in [0.1, 0.15) is 0 Å². The lowest BCUT2D eigenvalue weighted by molar-refractivity contribution is 0.0989. The van der Waals surface area contributed by atoms with Gasteiger partial charge >= 0.3 is 0 Å². The fraction of sp³-hybridized carbons (Fsp3) is 0.393. The van der Waals surface area contributed by atoms with Crippen LogP contribution in [-0.4, -0.2) is 49.6 Å². The summed E-state index contributed by atoms with van der Waals surface area (Å²) in [7, 11) is 2.32. The van der Waals surface area contributed by atoms with E-state index in [-0.39, 0.29) is 5.91 Å². The highest BCUT2D eigenvalue weighted by Gasteiger charge is 2.44. The van der Waals surface area contributed by atoms with Gasteiger partial charge in [-0.15, -0.1) is 0 Å². The number of likely N-dealkylation sites (N-methyl/N-ethyl adjacent to an activating group) is 1. The maximum absolute atomic E-state index is 13.3. The van der Waals surface area contributed by atoms with Crippen LogP contribution < -0.4 is 10.2 Å². The highest BCUT2D eigenvalue weighted by molar-refractivity contribution is 6.09. The van der Waals surface area contributed by atoms with Crippen molar-refractivity contribution in [3.05, 3.63) is 77.4 Å². The average Bonchev–Trinajstić information content (AvgIpc) is 3.55. The van der Waals surface area contributed by atoms with Gasteiger partial charge in [-0.3, -0.25) is 9.69 Å². The zero-order chi connectivity index (χ0) is 21.7. The molecule has 4 heteroatoms. The second kappa shape index (κ2) is 8.02. The Labute approximate surface area is 190 Å². The van der Waals surface area contributed by atoms with Gasteiger partial charge in [-0.1, -0.05) is 42.5 Å². The molecule has 0 aromatic heterocycles. The van der Waals surface area contributed by atoms with Crippen molar-refractivity contribution in [3.8, 4) is 0 Å². The molecule has 0 spiro atoms. The van der Waals surface area contributed by atoms with Crippen LogP contribution in [0.15, 0.2) is 60.7 Å². The first-order valence-electron chi connectivity index (χ1n) is 12.1. The van der Waals surface area contributed by atoms with E-state index in [0.717, 1.165) is 48.7 Å². The Morgan fingerprint density at radius 3 is 2.66 bits per heavy atom. The Morgan fingerprint density at radius 1 is 1.00 bits per heavy atom. The minimum Gasteiger partial charge on any atom is -0.317 e. The van der Waals surface area contributed by atoms with Gasteiger partial charge in [0.2, 0.25) is 0 Å². The third-order valence-corrected chi connectivity index (χ3v) is 7.83. The maximum Gasteiger partial charge on any atom is 0.258 e. The number of carbonyl (C=O) groups excluding carboxylic acids is 1. The third-order valence-electron chi connectivity index (χ3n) is 7.83. The number of carbonyl (C=O) groups is 1. The molecule has 1 saturated carbocycles. The van der Waals surface area contributed by atoms with Crippen molar-refractivity contribution < 1.29 is 4.79 Å². The van der Waals surface area contributed by atoms with Crippen molar-refractivity contribution >= 4 is 22.4 Å². The summed E-state index contributed by atoms with van der Waals surface area (Å²) in [4.78, 5) is 17.9. The van der Waals surface area contributed by atoms with Crippen molar-refractivity contribution in [2.45, 2.75) is 43.7 Å². The molecule has 32 heavy (non-hydrogen) atoms. The molecule has 2 fully saturated rings. The number of rotatable bonds is 4. The zero-order valence-electron chi connectivity index (χ0n) is 18.8. The molecule has 3 aromatic rings. The molecule has 0 radical (unpaired) electrons. The van der Waals surface area contributed by atoms with Crippen molar-refractivity contribution in [1.82, 2.24) is 10.2 Å². The van der Waals surface area contributed by atoms with E-state index in [0.29, 0.717) is 12.0 Å². The van der Waals surface area contributed by atoms with Gasteiger partial charge in [-0.25, -0.2) is 0 Å². The molecule has 2 aliphatic heterocycles. The summed E-state index contributed by atoms with van der Waals surface area (Å²) in [5.41, 5.74) is 4.64. The number of piperidine rings is 1. The lowest BCUT2D eigenvalue weighted by Gasteiger charge is -2.32. The van der Waals surface area contributed by atoms with E-state index in [1.807, 2.05) is 29.2 Å². The van der Waals surface area contributed by atoms with E-state index in [2.05, 4.69) is 53.7 Å². The standard InChI is InChI=1S/C28H31N3O/c1-30(24-10-13-29-14-11-24)27-18-25(27)21-8-9-26-22(17-21)12-15-31(26)28(32)23-7-6-19-4-2-3-5-20(19)16-23/h2-9,16-17,24-25,27,29H,10-15,18H2,1H3. The summed E-state index contributed by atoms with van der Waals surface area (Å²) >= 11 is 0. The molecule has 1 aliphatic carbocycles. The number of fused-ring (bicyclic) bond motifs is 2. The monoisotopic (exact) mass is 425 g/mol. The van der Waals surface area contributed by atoms with Gasteiger partial charge < -0.3 is 10.2 Å². The average molecular weight is 426 g/mol. The topological polar surface area (TPSA) is 35.6 Å². The van der Waals surface area contributed by atoms with E-state index in [4.69, 9.17) is 0 Å². The van der Waals surface area contributed by atoms with Crippen LogP contribution in [-0.2, 0) is 6.42 Å². The SMILES string of the molecule is CN(C1CCNCC1)C1CC1c1ccc2c(c1)CCN2C(=O)c1ccc2ccccc2c1. The molecule has 6 rings (SSSR count). The summed E-state index contributed by atoms with van der Waals surface area (Å²) < 4.78 is 0. The summed E-state index contributed by atoms with van der Waals surface area (Å²) in [6.45, 7) is 3.06. The van der Waals surface area contributed by atoms with Crippen LogP contribution in [0.1, 0.15) is 46.7 Å². The quantitative estimate of drug-likeness (QED) is 0.665. The van der Waals surface area contributed by atoms with Gasteiger partial charge in [-0.2, -0.15) is 0 Å². The summed E-state index contributed by atoms with van der Waals surface area (Å²) in [5.74, 6) is 0.752. The van der Waals surface area contributed by atoms with E-state index in [1.54, 1.807) is 0 Å². The number of nitrogens with zero attached hydrogens (tertiary/aromatic N) is 2. The first kappa shape index (κ1) is 20.0. The molecule has 2 atom stereocenters. The number of anilines is 1. The Kier molecular flexibility index (Phi) is 5.00. The lowest BCUT2D eigenvalue weighted by atomic mass is 10.0. The van der Waals surface area contributed by atoms with Gasteiger partial charge in [0.15, 0.2) is 0 Å². The van der Waals surface area contributed by atoms with E-state index in [9.17, 15) is 4.79 Å².